The molecule has 3 nitrogen and oxygen atoms in total. The Bertz CT molecular complexity index is 622. The molecule has 1 N–H and O–H groups in total. The molecule has 1 saturated carbocycles. The van der Waals surface area contributed by atoms with Gasteiger partial charge < -0.3 is 5.32 Å². The molecule has 0 aromatic carbocycles. The van der Waals surface area contributed by atoms with E-state index in [0.29, 0.717) is 5.91 Å². The highest BCUT2D eigenvalue weighted by Gasteiger charge is 2.39. The molecule has 2 bridgehead atoms. The number of hydrogen-bond donors (Lipinski definition) is 1. The Morgan fingerprint density at radius 3 is 2.48 bits per heavy atom. The summed E-state index contributed by atoms with van der Waals surface area (Å²) in [6, 6.07) is 6.21. The highest BCUT2D eigenvalue weighted by Crippen LogP contribution is 2.39. The van der Waals surface area contributed by atoms with E-state index in [4.69, 9.17) is 0 Å². The average molecular weight is 389 g/mol. The summed E-state index contributed by atoms with van der Waals surface area (Å²) in [6.45, 7) is 5.72. The maximum Gasteiger partial charge on any atom is 0.223 e. The van der Waals surface area contributed by atoms with Crippen LogP contribution in [0.1, 0.15) is 86.9 Å². The number of piperidine rings is 1. The Labute approximate surface area is 168 Å². The minimum atomic E-state index is 0.192. The summed E-state index contributed by atoms with van der Waals surface area (Å²) in [5, 5.41) is 3.46. The zero-order valence-electron chi connectivity index (χ0n) is 17.1. The van der Waals surface area contributed by atoms with Gasteiger partial charge in [0.1, 0.15) is 0 Å². The SMILES string of the molecule is Cc1ccc([C@H](CCN2C3CCC2CC(C)C3)NC(=O)C2CCCCC2)s1. The van der Waals surface area contributed by atoms with Crippen molar-refractivity contribution < 1.29 is 4.79 Å². The first kappa shape index (κ1) is 19.4. The molecule has 27 heavy (non-hydrogen) atoms. The molecule has 1 aromatic heterocycles. The molecule has 4 rings (SSSR count). The molecule has 1 amide bonds. The van der Waals surface area contributed by atoms with Crippen LogP contribution in [0.25, 0.3) is 0 Å². The first-order valence-electron chi connectivity index (χ1n) is 11.2. The van der Waals surface area contributed by atoms with Crippen LogP contribution in [-0.2, 0) is 4.79 Å². The van der Waals surface area contributed by atoms with E-state index < -0.39 is 0 Å². The fourth-order valence-corrected chi connectivity index (χ4v) is 6.73. The summed E-state index contributed by atoms with van der Waals surface area (Å²) in [4.78, 5) is 18.4. The normalized spacial score (nSPS) is 30.4. The van der Waals surface area contributed by atoms with E-state index in [0.717, 1.165) is 43.8 Å². The van der Waals surface area contributed by atoms with Gasteiger partial charge in [0.05, 0.1) is 6.04 Å². The molecule has 3 fully saturated rings. The second kappa shape index (κ2) is 8.65. The Kier molecular flexibility index (Phi) is 6.23. The molecule has 4 heteroatoms. The van der Waals surface area contributed by atoms with Gasteiger partial charge in [0, 0.05) is 34.3 Å². The van der Waals surface area contributed by atoms with Gasteiger partial charge in [0.25, 0.3) is 0 Å². The van der Waals surface area contributed by atoms with Crippen molar-refractivity contribution in [2.24, 2.45) is 11.8 Å². The fourth-order valence-electron chi connectivity index (χ4n) is 5.77. The number of nitrogens with one attached hydrogen (secondary N) is 1. The number of thiophene rings is 1. The van der Waals surface area contributed by atoms with Crippen molar-refractivity contribution >= 4 is 17.2 Å². The number of carbonyl (C=O) groups is 1. The molecule has 2 unspecified atom stereocenters. The van der Waals surface area contributed by atoms with Gasteiger partial charge in [-0.25, -0.2) is 0 Å². The minimum Gasteiger partial charge on any atom is -0.348 e. The van der Waals surface area contributed by atoms with Crippen LogP contribution in [-0.4, -0.2) is 29.4 Å². The van der Waals surface area contributed by atoms with Gasteiger partial charge in [-0.2, -0.15) is 0 Å². The van der Waals surface area contributed by atoms with Gasteiger partial charge in [-0.1, -0.05) is 26.2 Å². The number of fused-ring (bicyclic) bond motifs is 2. The van der Waals surface area contributed by atoms with Gasteiger partial charge in [0.15, 0.2) is 0 Å². The number of amides is 1. The number of carbonyl (C=O) groups excluding carboxylic acids is 1. The number of rotatable bonds is 6. The van der Waals surface area contributed by atoms with Gasteiger partial charge in [-0.15, -0.1) is 11.3 Å². The lowest BCUT2D eigenvalue weighted by atomic mass is 9.88. The molecule has 1 aromatic rings. The third kappa shape index (κ3) is 4.59. The lowest BCUT2D eigenvalue weighted by molar-refractivity contribution is -0.126. The Balaban J connectivity index is 1.40. The van der Waals surface area contributed by atoms with Crippen molar-refractivity contribution in [3.63, 3.8) is 0 Å². The fraction of sp³-hybridized carbons (Fsp3) is 0.783. The summed E-state index contributed by atoms with van der Waals surface area (Å²) in [7, 11) is 0. The predicted molar refractivity (Wildman–Crippen MR) is 113 cm³/mol. The van der Waals surface area contributed by atoms with Crippen LogP contribution in [0.15, 0.2) is 12.1 Å². The number of nitrogens with zero attached hydrogens (tertiary/aromatic N) is 1. The van der Waals surface area contributed by atoms with E-state index in [1.807, 2.05) is 11.3 Å². The number of aryl methyl sites for hydroxylation is 1. The van der Waals surface area contributed by atoms with Crippen molar-refractivity contribution in [1.29, 1.82) is 0 Å². The molecular formula is C23H36N2OS. The van der Waals surface area contributed by atoms with E-state index in [-0.39, 0.29) is 12.0 Å². The molecule has 2 aliphatic heterocycles. The zero-order valence-corrected chi connectivity index (χ0v) is 17.9. The van der Waals surface area contributed by atoms with Crippen molar-refractivity contribution in [3.05, 3.63) is 21.9 Å². The van der Waals surface area contributed by atoms with E-state index >= 15 is 0 Å². The monoisotopic (exact) mass is 388 g/mol. The lowest BCUT2D eigenvalue weighted by Crippen LogP contribution is -2.44. The molecule has 150 valence electrons. The molecular weight excluding hydrogens is 352 g/mol. The maximum atomic E-state index is 12.9. The van der Waals surface area contributed by atoms with Crippen LogP contribution in [0.4, 0.5) is 0 Å². The Morgan fingerprint density at radius 1 is 1.15 bits per heavy atom. The van der Waals surface area contributed by atoms with Crippen LogP contribution in [0, 0.1) is 18.8 Å². The average Bonchev–Trinajstić information content (AvgIpc) is 3.20. The first-order chi connectivity index (χ1) is 13.1. The van der Waals surface area contributed by atoms with Crippen LogP contribution in [0.3, 0.4) is 0 Å². The second-order valence-corrected chi connectivity index (χ2v) is 10.7. The number of hydrogen-bond acceptors (Lipinski definition) is 3. The van der Waals surface area contributed by atoms with Crippen LogP contribution < -0.4 is 5.32 Å². The summed E-state index contributed by atoms with van der Waals surface area (Å²) >= 11 is 1.86. The molecule has 3 heterocycles. The highest BCUT2D eigenvalue weighted by atomic mass is 32.1. The Morgan fingerprint density at radius 2 is 1.85 bits per heavy atom. The van der Waals surface area contributed by atoms with Crippen molar-refractivity contribution in [2.45, 2.75) is 96.2 Å². The van der Waals surface area contributed by atoms with E-state index in [2.05, 4.69) is 36.2 Å². The van der Waals surface area contributed by atoms with Crippen LogP contribution in [0.2, 0.25) is 0 Å². The van der Waals surface area contributed by atoms with E-state index in [1.165, 1.54) is 54.7 Å². The predicted octanol–water partition coefficient (Wildman–Crippen LogP) is 5.45. The van der Waals surface area contributed by atoms with Crippen LogP contribution in [0.5, 0.6) is 0 Å². The quantitative estimate of drug-likeness (QED) is 0.703. The third-order valence-corrected chi connectivity index (χ3v) is 8.31. The van der Waals surface area contributed by atoms with Crippen LogP contribution >= 0.6 is 11.3 Å². The lowest BCUT2D eigenvalue weighted by Gasteiger charge is -2.38. The molecule has 0 radical (unpaired) electrons. The minimum absolute atomic E-state index is 0.192. The first-order valence-corrected chi connectivity index (χ1v) is 12.0. The van der Waals surface area contributed by atoms with E-state index in [1.54, 1.807) is 0 Å². The molecule has 2 saturated heterocycles. The summed E-state index contributed by atoms with van der Waals surface area (Å²) < 4.78 is 0. The van der Waals surface area contributed by atoms with E-state index in [9.17, 15) is 4.79 Å². The molecule has 3 aliphatic rings. The second-order valence-electron chi connectivity index (χ2n) is 9.33. The highest BCUT2D eigenvalue weighted by molar-refractivity contribution is 7.12. The summed E-state index contributed by atoms with van der Waals surface area (Å²) in [6.07, 6.45) is 12.5. The summed E-state index contributed by atoms with van der Waals surface area (Å²) in [5.74, 6) is 1.44. The summed E-state index contributed by atoms with van der Waals surface area (Å²) in [5.41, 5.74) is 0. The van der Waals surface area contributed by atoms with Gasteiger partial charge in [-0.3, -0.25) is 9.69 Å². The molecule has 0 spiro atoms. The van der Waals surface area contributed by atoms with Crippen molar-refractivity contribution in [2.75, 3.05) is 6.54 Å². The van der Waals surface area contributed by atoms with Crippen molar-refractivity contribution in [3.8, 4) is 0 Å². The molecule has 3 atom stereocenters. The third-order valence-electron chi connectivity index (χ3n) is 7.19. The largest absolute Gasteiger partial charge is 0.348 e. The standard InChI is InChI=1S/C23H36N2OS/c1-16-14-19-9-10-20(15-16)25(19)13-12-21(22-11-8-17(2)27-22)24-23(26)18-6-4-3-5-7-18/h8,11,16,18-21H,3-7,9-10,12-15H2,1-2H3,(H,24,26)/t16?,19?,20?,21-/m0/s1. The zero-order chi connectivity index (χ0) is 18.8. The van der Waals surface area contributed by atoms with Gasteiger partial charge in [-0.05, 0) is 69.9 Å². The Hall–Kier alpha value is -0.870. The topological polar surface area (TPSA) is 32.3 Å². The van der Waals surface area contributed by atoms with Gasteiger partial charge >= 0.3 is 0 Å². The molecule has 1 aliphatic carbocycles. The maximum absolute atomic E-state index is 12.9. The smallest absolute Gasteiger partial charge is 0.223 e. The van der Waals surface area contributed by atoms with Gasteiger partial charge in [0.2, 0.25) is 5.91 Å². The van der Waals surface area contributed by atoms with Crippen molar-refractivity contribution in [1.82, 2.24) is 10.2 Å².